The number of nitrogens with one attached hydrogen (secondary N) is 1. The topological polar surface area (TPSA) is 66.4 Å². The first-order valence-corrected chi connectivity index (χ1v) is 9.77. The molecule has 2 N–H and O–H groups in total. The molecular formula is C14H22FNO3S2. The van der Waals surface area contributed by atoms with Crippen LogP contribution in [0.1, 0.15) is 31.2 Å². The van der Waals surface area contributed by atoms with Gasteiger partial charge in [0.15, 0.2) is 0 Å². The molecule has 1 aromatic rings. The second-order valence-corrected chi connectivity index (χ2v) is 7.47. The molecule has 0 radical (unpaired) electrons. The van der Waals surface area contributed by atoms with E-state index in [9.17, 15) is 12.8 Å². The van der Waals surface area contributed by atoms with Crippen molar-refractivity contribution >= 4 is 21.8 Å². The third-order valence-corrected chi connectivity index (χ3v) is 5.22. The molecule has 21 heavy (non-hydrogen) atoms. The fourth-order valence-corrected chi connectivity index (χ4v) is 3.47. The summed E-state index contributed by atoms with van der Waals surface area (Å²) in [5.74, 6) is 0.524. The van der Waals surface area contributed by atoms with Crippen molar-refractivity contribution in [1.29, 1.82) is 0 Å². The number of aliphatic hydroxyl groups is 1. The minimum absolute atomic E-state index is 0.0182. The minimum Gasteiger partial charge on any atom is -0.392 e. The highest BCUT2D eigenvalue weighted by Gasteiger charge is 2.15. The Balaban J connectivity index is 2.46. The van der Waals surface area contributed by atoms with Gasteiger partial charge in [0, 0.05) is 12.1 Å². The van der Waals surface area contributed by atoms with Crippen LogP contribution in [0.15, 0.2) is 23.1 Å². The number of halogens is 1. The first kappa shape index (κ1) is 18.4. The van der Waals surface area contributed by atoms with Gasteiger partial charge < -0.3 is 5.11 Å². The highest BCUT2D eigenvalue weighted by atomic mass is 32.2. The van der Waals surface area contributed by atoms with Crippen LogP contribution in [0, 0.1) is 5.82 Å². The SMILES string of the molecule is CSCCCCCCNS(=O)(=O)c1ccc(F)c(CO)c1. The van der Waals surface area contributed by atoms with Crippen LogP contribution in [0.3, 0.4) is 0 Å². The number of sulfonamides is 1. The van der Waals surface area contributed by atoms with Crippen LogP contribution in [0.25, 0.3) is 0 Å². The molecule has 0 spiro atoms. The molecule has 0 bridgehead atoms. The number of hydrogen-bond donors (Lipinski definition) is 2. The van der Waals surface area contributed by atoms with E-state index in [0.29, 0.717) is 6.54 Å². The van der Waals surface area contributed by atoms with E-state index < -0.39 is 22.4 Å². The molecule has 7 heteroatoms. The largest absolute Gasteiger partial charge is 0.392 e. The summed E-state index contributed by atoms with van der Waals surface area (Å²) in [4.78, 5) is -0.0182. The van der Waals surface area contributed by atoms with E-state index >= 15 is 0 Å². The Hall–Kier alpha value is -0.630. The Labute approximate surface area is 130 Å². The maximum absolute atomic E-state index is 13.2. The van der Waals surface area contributed by atoms with E-state index in [4.69, 9.17) is 5.11 Å². The molecule has 0 amide bonds. The smallest absolute Gasteiger partial charge is 0.240 e. The Morgan fingerprint density at radius 3 is 2.62 bits per heavy atom. The Kier molecular flexibility index (Phi) is 8.24. The molecule has 0 aromatic heterocycles. The van der Waals surface area contributed by atoms with Crippen molar-refractivity contribution in [3.8, 4) is 0 Å². The van der Waals surface area contributed by atoms with Gasteiger partial charge >= 0.3 is 0 Å². The van der Waals surface area contributed by atoms with Gasteiger partial charge in [-0.2, -0.15) is 11.8 Å². The van der Waals surface area contributed by atoms with E-state index in [1.165, 1.54) is 6.07 Å². The van der Waals surface area contributed by atoms with E-state index in [1.807, 2.05) is 11.8 Å². The Morgan fingerprint density at radius 2 is 1.95 bits per heavy atom. The van der Waals surface area contributed by atoms with E-state index in [-0.39, 0.29) is 10.5 Å². The van der Waals surface area contributed by atoms with Crippen molar-refractivity contribution in [2.24, 2.45) is 0 Å². The predicted molar refractivity (Wildman–Crippen MR) is 84.4 cm³/mol. The zero-order valence-electron chi connectivity index (χ0n) is 12.1. The number of thioether (sulfide) groups is 1. The van der Waals surface area contributed by atoms with Crippen LogP contribution in [-0.2, 0) is 16.6 Å². The molecule has 0 atom stereocenters. The number of aliphatic hydroxyl groups excluding tert-OH is 1. The normalized spacial score (nSPS) is 11.8. The van der Waals surface area contributed by atoms with Crippen molar-refractivity contribution in [3.63, 3.8) is 0 Å². The minimum atomic E-state index is -3.64. The molecule has 0 aliphatic carbocycles. The standard InChI is InChI=1S/C14H22FNO3S2/c1-20-9-5-3-2-4-8-16-21(18,19)13-6-7-14(15)12(10-13)11-17/h6-7,10,16-17H,2-5,8-9,11H2,1H3. The summed E-state index contributed by atoms with van der Waals surface area (Å²) < 4.78 is 39.8. The summed E-state index contributed by atoms with van der Waals surface area (Å²) in [6.45, 7) is -0.155. The molecule has 0 unspecified atom stereocenters. The lowest BCUT2D eigenvalue weighted by molar-refractivity contribution is 0.275. The first-order valence-electron chi connectivity index (χ1n) is 6.89. The van der Waals surface area contributed by atoms with Gasteiger partial charge in [-0.15, -0.1) is 0 Å². The monoisotopic (exact) mass is 335 g/mol. The highest BCUT2D eigenvalue weighted by molar-refractivity contribution is 7.98. The van der Waals surface area contributed by atoms with Gasteiger partial charge in [-0.3, -0.25) is 0 Å². The molecule has 1 rings (SSSR count). The predicted octanol–water partition coefficient (Wildman–Crippen LogP) is 2.52. The Bertz CT molecular complexity index is 535. The van der Waals surface area contributed by atoms with Crippen molar-refractivity contribution in [1.82, 2.24) is 4.72 Å². The van der Waals surface area contributed by atoms with Crippen molar-refractivity contribution < 1.29 is 17.9 Å². The van der Waals surface area contributed by atoms with Gasteiger partial charge in [-0.25, -0.2) is 17.5 Å². The van der Waals surface area contributed by atoms with Crippen LogP contribution in [-0.4, -0.2) is 32.1 Å². The van der Waals surface area contributed by atoms with Crippen molar-refractivity contribution in [2.45, 2.75) is 37.2 Å². The molecule has 0 saturated carbocycles. The van der Waals surface area contributed by atoms with Gasteiger partial charge in [-0.1, -0.05) is 12.8 Å². The molecule has 0 saturated heterocycles. The summed E-state index contributed by atoms with van der Waals surface area (Å²) in [6.07, 6.45) is 6.06. The van der Waals surface area contributed by atoms with Crippen molar-refractivity contribution in [2.75, 3.05) is 18.6 Å². The van der Waals surface area contributed by atoms with Crippen LogP contribution >= 0.6 is 11.8 Å². The van der Waals surface area contributed by atoms with Gasteiger partial charge in [0.05, 0.1) is 11.5 Å². The molecule has 0 heterocycles. The molecule has 4 nitrogen and oxygen atoms in total. The average molecular weight is 335 g/mol. The lowest BCUT2D eigenvalue weighted by atomic mass is 10.2. The van der Waals surface area contributed by atoms with E-state index in [2.05, 4.69) is 11.0 Å². The maximum atomic E-state index is 13.2. The van der Waals surface area contributed by atoms with Gasteiger partial charge in [0.2, 0.25) is 10.0 Å². The van der Waals surface area contributed by atoms with Gasteiger partial charge in [-0.05, 0) is 43.0 Å². The summed E-state index contributed by atoms with van der Waals surface area (Å²) in [5.41, 5.74) is -0.0186. The number of unbranched alkanes of at least 4 members (excludes halogenated alkanes) is 3. The van der Waals surface area contributed by atoms with Crippen LogP contribution in [0.5, 0.6) is 0 Å². The average Bonchev–Trinajstić information content (AvgIpc) is 2.46. The molecule has 0 aliphatic heterocycles. The fraction of sp³-hybridized carbons (Fsp3) is 0.571. The molecule has 1 aromatic carbocycles. The fourth-order valence-electron chi connectivity index (χ4n) is 1.85. The molecule has 0 aliphatic rings. The second-order valence-electron chi connectivity index (χ2n) is 4.72. The van der Waals surface area contributed by atoms with Crippen LogP contribution in [0.4, 0.5) is 4.39 Å². The maximum Gasteiger partial charge on any atom is 0.240 e. The van der Waals surface area contributed by atoms with Crippen LogP contribution < -0.4 is 4.72 Å². The Morgan fingerprint density at radius 1 is 1.24 bits per heavy atom. The number of benzene rings is 1. The third kappa shape index (κ3) is 6.34. The van der Waals surface area contributed by atoms with Gasteiger partial charge in [0.1, 0.15) is 5.82 Å². The zero-order valence-corrected chi connectivity index (χ0v) is 13.8. The number of rotatable bonds is 10. The molecule has 0 fully saturated rings. The number of hydrogen-bond acceptors (Lipinski definition) is 4. The van der Waals surface area contributed by atoms with E-state index in [0.717, 1.165) is 43.6 Å². The second kappa shape index (κ2) is 9.40. The summed E-state index contributed by atoms with van der Waals surface area (Å²) in [7, 11) is -3.64. The van der Waals surface area contributed by atoms with Crippen LogP contribution in [0.2, 0.25) is 0 Å². The zero-order chi connectivity index (χ0) is 15.7. The van der Waals surface area contributed by atoms with Gasteiger partial charge in [0.25, 0.3) is 0 Å². The molecular weight excluding hydrogens is 313 g/mol. The summed E-state index contributed by atoms with van der Waals surface area (Å²) in [6, 6.07) is 3.42. The highest BCUT2D eigenvalue weighted by Crippen LogP contribution is 2.15. The summed E-state index contributed by atoms with van der Waals surface area (Å²) >= 11 is 1.81. The summed E-state index contributed by atoms with van der Waals surface area (Å²) in [5, 5.41) is 8.97. The molecule has 120 valence electrons. The first-order chi connectivity index (χ1) is 10.0. The lowest BCUT2D eigenvalue weighted by Crippen LogP contribution is -2.25. The van der Waals surface area contributed by atoms with E-state index in [1.54, 1.807) is 0 Å². The lowest BCUT2D eigenvalue weighted by Gasteiger charge is -2.08. The third-order valence-electron chi connectivity index (χ3n) is 3.07. The van der Waals surface area contributed by atoms with Crippen molar-refractivity contribution in [3.05, 3.63) is 29.6 Å². The quantitative estimate of drug-likeness (QED) is 0.645.